The first-order valence-electron chi connectivity index (χ1n) is 11.2. The molecule has 0 radical (unpaired) electrons. The maximum atomic E-state index is 12.5. The Morgan fingerprint density at radius 3 is 2.58 bits per heavy atom. The Labute approximate surface area is 211 Å². The number of imidazole rings is 1. The van der Waals surface area contributed by atoms with Crippen LogP contribution in [0.3, 0.4) is 0 Å². The Balaban J connectivity index is 1.22. The van der Waals surface area contributed by atoms with Crippen molar-refractivity contribution in [2.24, 2.45) is 0 Å². The molecule has 3 aromatic rings. The first kappa shape index (κ1) is 26.3. The minimum atomic E-state index is -5.01. The lowest BCUT2D eigenvalue weighted by atomic mass is 10.2. The lowest BCUT2D eigenvalue weighted by Crippen LogP contribution is -2.31. The number of anilines is 2. The normalized spacial score (nSPS) is 29.1. The van der Waals surface area contributed by atoms with Crippen LogP contribution in [-0.2, 0) is 23.1 Å². The number of phosphoric acid groups is 1. The molecule has 20 heteroatoms. The van der Waals surface area contributed by atoms with Gasteiger partial charge in [-0.3, -0.25) is 23.5 Å². The van der Waals surface area contributed by atoms with E-state index in [1.54, 1.807) is 0 Å². The maximum absolute atomic E-state index is 12.5. The summed E-state index contributed by atoms with van der Waals surface area (Å²) >= 11 is 0. The Kier molecular flexibility index (Phi) is 7.01. The third-order valence-electron chi connectivity index (χ3n) is 6.04. The van der Waals surface area contributed by atoms with Crippen LogP contribution in [0.15, 0.2) is 22.2 Å². The average Bonchev–Trinajstić information content (AvgIpc) is 3.54. The Morgan fingerprint density at radius 2 is 1.84 bits per heavy atom. The van der Waals surface area contributed by atoms with Crippen LogP contribution in [0.4, 0.5) is 11.9 Å². The Hall–Kier alpha value is -3.29. The van der Waals surface area contributed by atoms with E-state index in [9.17, 15) is 29.3 Å². The summed E-state index contributed by atoms with van der Waals surface area (Å²) in [5, 5.41) is 20.0. The minimum Gasteiger partial charge on any atom is -0.756 e. The average molecular weight is 556 g/mol. The van der Waals surface area contributed by atoms with Crippen LogP contribution in [0.1, 0.15) is 25.3 Å². The molecule has 38 heavy (non-hydrogen) atoms. The number of aromatic amines is 1. The fourth-order valence-corrected chi connectivity index (χ4v) is 5.19. The molecule has 0 amide bonds. The summed E-state index contributed by atoms with van der Waals surface area (Å²) in [6, 6.07) is 0. The highest BCUT2D eigenvalue weighted by atomic mass is 31.2. The Morgan fingerprint density at radius 1 is 1.13 bits per heavy atom. The number of nitrogens with zero attached hydrogens (tertiary/aromatic N) is 6. The zero-order valence-electron chi connectivity index (χ0n) is 19.4. The van der Waals surface area contributed by atoms with E-state index in [1.807, 2.05) is 0 Å². The number of hydrogen-bond acceptors (Lipinski definition) is 16. The summed E-state index contributed by atoms with van der Waals surface area (Å²) in [4.78, 5) is 54.1. The second-order valence-corrected chi connectivity index (χ2v) is 9.91. The van der Waals surface area contributed by atoms with E-state index in [4.69, 9.17) is 30.0 Å². The van der Waals surface area contributed by atoms with Crippen molar-refractivity contribution in [3.05, 3.63) is 33.5 Å². The first-order valence-corrected chi connectivity index (χ1v) is 12.7. The number of phosphoric ester groups is 1. The van der Waals surface area contributed by atoms with Gasteiger partial charge in [0.15, 0.2) is 11.2 Å². The molecule has 7 N–H and O–H groups in total. The molecule has 5 rings (SSSR count). The van der Waals surface area contributed by atoms with Gasteiger partial charge in [-0.25, -0.2) is 14.8 Å². The molecule has 206 valence electrons. The van der Waals surface area contributed by atoms with Gasteiger partial charge in [-0.1, -0.05) is 0 Å². The molecular formula is C18H23N9O10P-. The summed E-state index contributed by atoms with van der Waals surface area (Å²) in [5.74, 6) is -0.387. The van der Waals surface area contributed by atoms with Gasteiger partial charge in [0.2, 0.25) is 11.9 Å². The summed E-state index contributed by atoms with van der Waals surface area (Å²) in [6.45, 7) is -1.22. The van der Waals surface area contributed by atoms with Crippen molar-refractivity contribution >= 4 is 30.9 Å². The van der Waals surface area contributed by atoms with Gasteiger partial charge in [0.1, 0.15) is 31.0 Å². The number of rotatable bonds is 8. The van der Waals surface area contributed by atoms with Crippen LogP contribution in [0, 0.1) is 0 Å². The summed E-state index contributed by atoms with van der Waals surface area (Å²) < 4.78 is 36.2. The third kappa shape index (κ3) is 5.18. The van der Waals surface area contributed by atoms with Crippen LogP contribution in [0.2, 0.25) is 0 Å². The van der Waals surface area contributed by atoms with E-state index in [2.05, 4.69) is 24.9 Å². The molecular weight excluding hydrogens is 533 g/mol. The molecule has 5 heterocycles. The van der Waals surface area contributed by atoms with Crippen molar-refractivity contribution in [1.29, 1.82) is 0 Å². The van der Waals surface area contributed by atoms with E-state index < -0.39 is 69.2 Å². The van der Waals surface area contributed by atoms with Crippen LogP contribution in [0.25, 0.3) is 11.2 Å². The molecule has 0 bridgehead atoms. The number of aromatic nitrogens is 7. The number of nitrogen functional groups attached to an aromatic ring is 2. The van der Waals surface area contributed by atoms with Crippen molar-refractivity contribution in [3.63, 3.8) is 0 Å². The number of aliphatic hydroxyl groups excluding tert-OH is 2. The zero-order chi connectivity index (χ0) is 27.2. The molecule has 7 atom stereocenters. The molecule has 2 aliphatic heterocycles. The van der Waals surface area contributed by atoms with Crippen molar-refractivity contribution in [2.75, 3.05) is 24.7 Å². The van der Waals surface area contributed by atoms with Crippen LogP contribution >= 0.6 is 7.82 Å². The van der Waals surface area contributed by atoms with Crippen molar-refractivity contribution in [1.82, 2.24) is 34.1 Å². The van der Waals surface area contributed by atoms with E-state index in [0.717, 1.165) is 10.9 Å². The van der Waals surface area contributed by atoms with E-state index >= 15 is 0 Å². The van der Waals surface area contributed by atoms with Gasteiger partial charge >= 0.3 is 5.69 Å². The highest BCUT2D eigenvalue weighted by Crippen LogP contribution is 2.45. The van der Waals surface area contributed by atoms with Gasteiger partial charge in [-0.2, -0.15) is 9.97 Å². The Bertz CT molecular complexity index is 1490. The van der Waals surface area contributed by atoms with Gasteiger partial charge in [0.05, 0.1) is 31.7 Å². The molecule has 0 spiro atoms. The number of fused-ring (bicyclic) bond motifs is 1. The molecule has 2 aliphatic rings. The monoisotopic (exact) mass is 556 g/mol. The minimum absolute atomic E-state index is 0.0118. The van der Waals surface area contributed by atoms with Crippen LogP contribution in [0.5, 0.6) is 0 Å². The van der Waals surface area contributed by atoms with Gasteiger partial charge in [0.25, 0.3) is 13.4 Å². The van der Waals surface area contributed by atoms with E-state index in [-0.39, 0.29) is 35.9 Å². The van der Waals surface area contributed by atoms with E-state index in [1.165, 1.54) is 10.9 Å². The number of nitrogens with one attached hydrogen (secondary N) is 1. The molecule has 1 unspecified atom stereocenters. The van der Waals surface area contributed by atoms with E-state index in [0.29, 0.717) is 0 Å². The van der Waals surface area contributed by atoms with Crippen LogP contribution < -0.4 is 27.6 Å². The number of nitrogens with two attached hydrogens (primary N) is 2. The number of aliphatic hydroxyl groups is 2. The molecule has 19 nitrogen and oxygen atoms in total. The fraction of sp³-hybridized carbons (Fsp3) is 0.556. The predicted octanol–water partition coefficient (Wildman–Crippen LogP) is -3.27. The molecule has 3 aromatic heterocycles. The fourth-order valence-electron chi connectivity index (χ4n) is 4.25. The molecule has 2 saturated heterocycles. The SMILES string of the molecule is Nc1ncn([C@H]2C[C@@H](OP(=O)([O-])OC[C@H]3O[C@@H](n4cnc5c(=O)[nH]c(N)nc54)C[C@H]3O)[C@@H](CO)O2)c(=O)n1. The molecule has 2 fully saturated rings. The number of ether oxygens (including phenoxy) is 2. The van der Waals surface area contributed by atoms with Gasteiger partial charge in [0, 0.05) is 12.8 Å². The largest absolute Gasteiger partial charge is 0.756 e. The van der Waals surface area contributed by atoms with Crippen molar-refractivity contribution < 1.29 is 38.2 Å². The predicted molar refractivity (Wildman–Crippen MR) is 122 cm³/mol. The highest BCUT2D eigenvalue weighted by molar-refractivity contribution is 7.45. The molecule has 0 aliphatic carbocycles. The maximum Gasteiger partial charge on any atom is 0.354 e. The second kappa shape index (κ2) is 10.1. The standard InChI is InChI=1S/C18H24N9O10P/c19-16-22-6-27(18(31)25-16)12-2-8(9(3-28)35-12)37-38(32,33)34-4-10-7(29)1-11(36-10)26-5-21-13-14(26)23-17(20)24-15(13)30/h5-12,28-29H,1-4H2,(H,32,33)(H2,19,25,31)(H3,20,23,24,30)/p-1/t7-,8-,9-,10-,11-,12-/m1/s1. The van der Waals surface area contributed by atoms with Crippen LogP contribution in [-0.4, -0.2) is 81.9 Å². The van der Waals surface area contributed by atoms with Gasteiger partial charge in [-0.05, 0) is 0 Å². The van der Waals surface area contributed by atoms with Crippen molar-refractivity contribution in [2.45, 2.75) is 49.7 Å². The topological polar surface area (TPSA) is 281 Å². The highest BCUT2D eigenvalue weighted by Gasteiger charge is 2.41. The summed E-state index contributed by atoms with van der Waals surface area (Å²) in [5.41, 5.74) is 9.76. The summed E-state index contributed by atoms with van der Waals surface area (Å²) in [6.07, 6.45) is -4.16. The number of hydrogen-bond donors (Lipinski definition) is 5. The lowest BCUT2D eigenvalue weighted by Gasteiger charge is -2.29. The smallest absolute Gasteiger partial charge is 0.354 e. The van der Waals surface area contributed by atoms with Gasteiger partial charge < -0.3 is 45.1 Å². The first-order chi connectivity index (χ1) is 18.0. The van der Waals surface area contributed by atoms with Gasteiger partial charge in [-0.15, -0.1) is 0 Å². The third-order valence-corrected chi connectivity index (χ3v) is 7.04. The zero-order valence-corrected chi connectivity index (χ0v) is 20.3. The number of H-pyrrole nitrogens is 1. The quantitative estimate of drug-likeness (QED) is 0.170. The molecule has 0 saturated carbocycles. The lowest BCUT2D eigenvalue weighted by molar-refractivity contribution is -0.234. The summed E-state index contributed by atoms with van der Waals surface area (Å²) in [7, 11) is -5.01. The van der Waals surface area contributed by atoms with Crippen molar-refractivity contribution in [3.8, 4) is 0 Å². The molecule has 0 aromatic carbocycles. The second-order valence-electron chi connectivity index (χ2n) is 8.55.